The summed E-state index contributed by atoms with van der Waals surface area (Å²) in [6.45, 7) is 9.26. The molecule has 4 rings (SSSR count). The van der Waals surface area contributed by atoms with Gasteiger partial charge in [-0.15, -0.1) is 0 Å². The monoisotopic (exact) mass is 449 g/mol. The SMILES string of the molecule is CCN(CC)C(=O)CN1CCCC[C@@H]1c1nc(C)c2c(n1)N(Cc1ccccc1)C(=O)CC2. The molecule has 1 fully saturated rings. The highest BCUT2D eigenvalue weighted by atomic mass is 16.2. The average molecular weight is 450 g/mol. The van der Waals surface area contributed by atoms with Gasteiger partial charge in [-0.3, -0.25) is 19.4 Å². The maximum atomic E-state index is 12.9. The molecule has 0 radical (unpaired) electrons. The molecular weight excluding hydrogens is 414 g/mol. The van der Waals surface area contributed by atoms with Gasteiger partial charge in [-0.05, 0) is 52.1 Å². The second-order valence-electron chi connectivity index (χ2n) is 8.98. The average Bonchev–Trinajstić information content (AvgIpc) is 2.82. The zero-order valence-corrected chi connectivity index (χ0v) is 20.1. The maximum Gasteiger partial charge on any atom is 0.236 e. The first-order chi connectivity index (χ1) is 16.0. The molecule has 0 saturated carbocycles. The van der Waals surface area contributed by atoms with Crippen molar-refractivity contribution in [3.05, 3.63) is 53.0 Å². The van der Waals surface area contributed by atoms with Crippen molar-refractivity contribution in [3.63, 3.8) is 0 Å². The third-order valence-electron chi connectivity index (χ3n) is 6.90. The van der Waals surface area contributed by atoms with Gasteiger partial charge in [0.25, 0.3) is 0 Å². The van der Waals surface area contributed by atoms with E-state index >= 15 is 0 Å². The Morgan fingerprint density at radius 1 is 1.09 bits per heavy atom. The van der Waals surface area contributed by atoms with Gasteiger partial charge in [-0.1, -0.05) is 36.8 Å². The minimum atomic E-state index is -0.00198. The molecule has 7 nitrogen and oxygen atoms in total. The largest absolute Gasteiger partial charge is 0.342 e. The molecule has 1 saturated heterocycles. The van der Waals surface area contributed by atoms with Crippen LogP contribution in [0.15, 0.2) is 30.3 Å². The van der Waals surface area contributed by atoms with Crippen LogP contribution in [-0.4, -0.2) is 57.8 Å². The van der Waals surface area contributed by atoms with Gasteiger partial charge in [0, 0.05) is 30.8 Å². The van der Waals surface area contributed by atoms with Gasteiger partial charge in [0.05, 0.1) is 19.1 Å². The number of hydrogen-bond acceptors (Lipinski definition) is 5. The molecule has 176 valence electrons. The standard InChI is InChI=1S/C26H35N5O2/c1-4-29(5-2)24(33)18-30-16-10-9-13-22(30)25-27-19(3)21-14-15-23(32)31(26(21)28-25)17-20-11-7-6-8-12-20/h6-8,11-12,22H,4-5,9-10,13-18H2,1-3H3/t22-/m1/s1. The van der Waals surface area contributed by atoms with Gasteiger partial charge in [-0.2, -0.15) is 0 Å². The molecule has 2 aliphatic heterocycles. The van der Waals surface area contributed by atoms with Crippen LogP contribution < -0.4 is 4.90 Å². The summed E-state index contributed by atoms with van der Waals surface area (Å²) in [6.07, 6.45) is 4.26. The number of nitrogens with zero attached hydrogens (tertiary/aromatic N) is 5. The number of hydrogen-bond donors (Lipinski definition) is 0. The molecule has 0 unspecified atom stereocenters. The maximum absolute atomic E-state index is 12.9. The van der Waals surface area contributed by atoms with E-state index in [9.17, 15) is 9.59 Å². The van der Waals surface area contributed by atoms with Crippen molar-refractivity contribution in [3.8, 4) is 0 Å². The summed E-state index contributed by atoms with van der Waals surface area (Å²) in [7, 11) is 0. The number of aryl methyl sites for hydroxylation is 1. The third-order valence-corrected chi connectivity index (χ3v) is 6.90. The fourth-order valence-electron chi connectivity index (χ4n) is 5.00. The molecule has 2 aliphatic rings. The Bertz CT molecular complexity index is 990. The van der Waals surface area contributed by atoms with Crippen molar-refractivity contribution in [1.82, 2.24) is 19.8 Å². The van der Waals surface area contributed by atoms with Gasteiger partial charge in [0.15, 0.2) is 0 Å². The number of aromatic nitrogens is 2. The highest BCUT2D eigenvalue weighted by molar-refractivity contribution is 5.95. The molecule has 0 N–H and O–H groups in total. The minimum absolute atomic E-state index is 0.00198. The minimum Gasteiger partial charge on any atom is -0.342 e. The topological polar surface area (TPSA) is 69.6 Å². The quantitative estimate of drug-likeness (QED) is 0.645. The molecular formula is C26H35N5O2. The number of likely N-dealkylation sites (N-methyl/N-ethyl adjacent to an activating group) is 1. The molecule has 33 heavy (non-hydrogen) atoms. The molecule has 3 heterocycles. The summed E-state index contributed by atoms with van der Waals surface area (Å²) >= 11 is 0. The van der Waals surface area contributed by atoms with Crippen LogP contribution in [0.1, 0.15) is 68.2 Å². The molecule has 0 aliphatic carbocycles. The Kier molecular flexibility index (Phi) is 7.38. The van der Waals surface area contributed by atoms with E-state index < -0.39 is 0 Å². The van der Waals surface area contributed by atoms with E-state index in [0.29, 0.717) is 25.9 Å². The highest BCUT2D eigenvalue weighted by Crippen LogP contribution is 2.34. The number of rotatable bonds is 7. The van der Waals surface area contributed by atoms with Crippen LogP contribution in [0.5, 0.6) is 0 Å². The third kappa shape index (κ3) is 5.08. The Morgan fingerprint density at radius 3 is 2.58 bits per heavy atom. The second-order valence-corrected chi connectivity index (χ2v) is 8.98. The van der Waals surface area contributed by atoms with Gasteiger partial charge in [-0.25, -0.2) is 9.97 Å². The zero-order valence-electron chi connectivity index (χ0n) is 20.1. The molecule has 2 amide bonds. The fourth-order valence-corrected chi connectivity index (χ4v) is 5.00. The van der Waals surface area contributed by atoms with E-state index in [0.717, 1.165) is 67.4 Å². The number of fused-ring (bicyclic) bond motifs is 1. The summed E-state index contributed by atoms with van der Waals surface area (Å²) in [5.41, 5.74) is 3.10. The summed E-state index contributed by atoms with van der Waals surface area (Å²) in [5, 5.41) is 0. The molecule has 1 aromatic heterocycles. The van der Waals surface area contributed by atoms with Crippen LogP contribution in [0.4, 0.5) is 5.82 Å². The van der Waals surface area contributed by atoms with Crippen LogP contribution in [0.3, 0.4) is 0 Å². The van der Waals surface area contributed by atoms with Gasteiger partial charge < -0.3 is 4.90 Å². The van der Waals surface area contributed by atoms with Crippen molar-refractivity contribution < 1.29 is 9.59 Å². The smallest absolute Gasteiger partial charge is 0.236 e. The van der Waals surface area contributed by atoms with Crippen molar-refractivity contribution in [2.75, 3.05) is 31.1 Å². The van der Waals surface area contributed by atoms with E-state index in [-0.39, 0.29) is 17.9 Å². The van der Waals surface area contributed by atoms with E-state index in [1.165, 1.54) is 0 Å². The first kappa shape index (κ1) is 23.4. The number of carbonyl (C=O) groups excluding carboxylic acids is 2. The lowest BCUT2D eigenvalue weighted by atomic mass is 9.99. The van der Waals surface area contributed by atoms with E-state index in [4.69, 9.17) is 9.97 Å². The molecule has 1 atom stereocenters. The Hall–Kier alpha value is -2.80. The predicted molar refractivity (Wildman–Crippen MR) is 129 cm³/mol. The summed E-state index contributed by atoms with van der Waals surface area (Å²) < 4.78 is 0. The molecule has 7 heteroatoms. The number of amides is 2. The number of anilines is 1. The lowest BCUT2D eigenvalue weighted by Crippen LogP contribution is -2.44. The first-order valence-corrected chi connectivity index (χ1v) is 12.2. The molecule has 0 bridgehead atoms. The van der Waals surface area contributed by atoms with E-state index in [1.807, 2.05) is 60.9 Å². The zero-order chi connectivity index (χ0) is 23.4. The van der Waals surface area contributed by atoms with Crippen molar-refractivity contribution in [1.29, 1.82) is 0 Å². The summed E-state index contributed by atoms with van der Waals surface area (Å²) in [6, 6.07) is 10.0. The first-order valence-electron chi connectivity index (χ1n) is 12.2. The summed E-state index contributed by atoms with van der Waals surface area (Å²) in [5.74, 6) is 1.75. The van der Waals surface area contributed by atoms with E-state index in [1.54, 1.807) is 0 Å². The lowest BCUT2D eigenvalue weighted by molar-refractivity contribution is -0.133. The van der Waals surface area contributed by atoms with Crippen LogP contribution in [0.25, 0.3) is 0 Å². The molecule has 0 spiro atoms. The molecule has 1 aromatic carbocycles. The number of likely N-dealkylation sites (tertiary alicyclic amines) is 1. The Labute approximate surface area is 196 Å². The Morgan fingerprint density at radius 2 is 1.85 bits per heavy atom. The number of carbonyl (C=O) groups is 2. The fraction of sp³-hybridized carbons (Fsp3) is 0.538. The van der Waals surface area contributed by atoms with Gasteiger partial charge in [0.2, 0.25) is 11.8 Å². The van der Waals surface area contributed by atoms with Crippen molar-refractivity contribution in [2.45, 2.75) is 65.5 Å². The Balaban J connectivity index is 1.64. The van der Waals surface area contributed by atoms with Crippen LogP contribution in [0.2, 0.25) is 0 Å². The van der Waals surface area contributed by atoms with Crippen LogP contribution >= 0.6 is 0 Å². The highest BCUT2D eigenvalue weighted by Gasteiger charge is 2.33. The van der Waals surface area contributed by atoms with Crippen LogP contribution in [-0.2, 0) is 22.6 Å². The number of benzene rings is 1. The van der Waals surface area contributed by atoms with E-state index in [2.05, 4.69) is 4.90 Å². The van der Waals surface area contributed by atoms with Crippen molar-refractivity contribution in [2.24, 2.45) is 0 Å². The van der Waals surface area contributed by atoms with Gasteiger partial charge in [0.1, 0.15) is 11.6 Å². The molecule has 2 aromatic rings. The second kappa shape index (κ2) is 10.4. The van der Waals surface area contributed by atoms with Crippen LogP contribution in [0, 0.1) is 6.92 Å². The summed E-state index contributed by atoms with van der Waals surface area (Å²) in [4.78, 5) is 41.6. The lowest BCUT2D eigenvalue weighted by Gasteiger charge is -2.36. The number of piperidine rings is 1. The van der Waals surface area contributed by atoms with Crippen molar-refractivity contribution >= 4 is 17.6 Å². The normalized spacial score (nSPS) is 18.8. The predicted octanol–water partition coefficient (Wildman–Crippen LogP) is 3.66. The van der Waals surface area contributed by atoms with Gasteiger partial charge >= 0.3 is 0 Å².